The third kappa shape index (κ3) is 5.21. The number of aryl methyl sites for hydroxylation is 1. The van der Waals surface area contributed by atoms with Gasteiger partial charge in [-0.3, -0.25) is 9.36 Å². The number of thioether (sulfide) groups is 1. The van der Waals surface area contributed by atoms with E-state index in [1.807, 2.05) is 60.9 Å². The molecule has 0 saturated heterocycles. The SMILES string of the molecule is COc1ccc(-n2c(SCC(=O)NC(C)C(C)C)nnc2-c2cccc(C)c2)cc1. The lowest BCUT2D eigenvalue weighted by atomic mass is 10.1. The summed E-state index contributed by atoms with van der Waals surface area (Å²) in [5.41, 5.74) is 3.03. The zero-order valence-corrected chi connectivity index (χ0v) is 18.9. The van der Waals surface area contributed by atoms with E-state index in [2.05, 4.69) is 35.4 Å². The summed E-state index contributed by atoms with van der Waals surface area (Å²) < 4.78 is 7.27. The highest BCUT2D eigenvalue weighted by molar-refractivity contribution is 7.99. The third-order valence-electron chi connectivity index (χ3n) is 4.96. The zero-order valence-electron chi connectivity index (χ0n) is 18.0. The highest BCUT2D eigenvalue weighted by atomic mass is 32.2. The predicted octanol–water partition coefficient (Wildman–Crippen LogP) is 4.50. The van der Waals surface area contributed by atoms with Crippen molar-refractivity contribution in [2.45, 2.75) is 38.9 Å². The van der Waals surface area contributed by atoms with Crippen LogP contribution < -0.4 is 10.1 Å². The van der Waals surface area contributed by atoms with Crippen LogP contribution in [0.25, 0.3) is 17.1 Å². The largest absolute Gasteiger partial charge is 0.497 e. The summed E-state index contributed by atoms with van der Waals surface area (Å²) in [5.74, 6) is 2.17. The highest BCUT2D eigenvalue weighted by Crippen LogP contribution is 2.29. The highest BCUT2D eigenvalue weighted by Gasteiger charge is 2.18. The van der Waals surface area contributed by atoms with E-state index >= 15 is 0 Å². The third-order valence-corrected chi connectivity index (χ3v) is 5.89. The van der Waals surface area contributed by atoms with Gasteiger partial charge in [-0.15, -0.1) is 10.2 Å². The van der Waals surface area contributed by atoms with Crippen molar-refractivity contribution in [1.29, 1.82) is 0 Å². The van der Waals surface area contributed by atoms with Gasteiger partial charge in [0, 0.05) is 17.3 Å². The minimum Gasteiger partial charge on any atom is -0.497 e. The molecule has 30 heavy (non-hydrogen) atoms. The number of methoxy groups -OCH3 is 1. The van der Waals surface area contributed by atoms with E-state index < -0.39 is 0 Å². The summed E-state index contributed by atoms with van der Waals surface area (Å²) in [6, 6.07) is 16.0. The molecule has 0 bridgehead atoms. The van der Waals surface area contributed by atoms with Crippen LogP contribution in [-0.4, -0.2) is 39.6 Å². The monoisotopic (exact) mass is 424 g/mol. The minimum absolute atomic E-state index is 0.0115. The zero-order chi connectivity index (χ0) is 21.7. The molecular formula is C23H28N4O2S. The molecule has 0 fully saturated rings. The maximum Gasteiger partial charge on any atom is 0.230 e. The van der Waals surface area contributed by atoms with Gasteiger partial charge < -0.3 is 10.1 Å². The van der Waals surface area contributed by atoms with Crippen molar-refractivity contribution in [2.75, 3.05) is 12.9 Å². The van der Waals surface area contributed by atoms with Crippen LogP contribution in [0.3, 0.4) is 0 Å². The van der Waals surface area contributed by atoms with E-state index in [1.165, 1.54) is 11.8 Å². The van der Waals surface area contributed by atoms with Crippen molar-refractivity contribution in [3.05, 3.63) is 54.1 Å². The van der Waals surface area contributed by atoms with Crippen LogP contribution in [0.4, 0.5) is 0 Å². The van der Waals surface area contributed by atoms with Gasteiger partial charge in [0.1, 0.15) is 5.75 Å². The molecule has 0 saturated carbocycles. The smallest absolute Gasteiger partial charge is 0.230 e. The number of hydrogen-bond donors (Lipinski definition) is 1. The van der Waals surface area contributed by atoms with Crippen molar-refractivity contribution in [3.8, 4) is 22.8 Å². The Hall–Kier alpha value is -2.80. The maximum absolute atomic E-state index is 12.4. The first-order valence-electron chi connectivity index (χ1n) is 9.98. The van der Waals surface area contributed by atoms with E-state index in [9.17, 15) is 4.79 Å². The second-order valence-electron chi connectivity index (χ2n) is 7.60. The Bertz CT molecular complexity index is 999. The van der Waals surface area contributed by atoms with Gasteiger partial charge in [-0.05, 0) is 50.1 Å². The van der Waals surface area contributed by atoms with Crippen LogP contribution in [0.15, 0.2) is 53.7 Å². The van der Waals surface area contributed by atoms with Gasteiger partial charge in [-0.1, -0.05) is 49.4 Å². The van der Waals surface area contributed by atoms with Gasteiger partial charge in [-0.2, -0.15) is 0 Å². The van der Waals surface area contributed by atoms with Crippen molar-refractivity contribution < 1.29 is 9.53 Å². The summed E-state index contributed by atoms with van der Waals surface area (Å²) in [4.78, 5) is 12.4. The van der Waals surface area contributed by atoms with Crippen LogP contribution in [0.1, 0.15) is 26.3 Å². The Balaban J connectivity index is 1.92. The van der Waals surface area contributed by atoms with Gasteiger partial charge in [0.25, 0.3) is 0 Å². The Morgan fingerprint density at radius 1 is 1.13 bits per heavy atom. The fourth-order valence-corrected chi connectivity index (χ4v) is 3.65. The Morgan fingerprint density at radius 2 is 1.87 bits per heavy atom. The van der Waals surface area contributed by atoms with Gasteiger partial charge >= 0.3 is 0 Å². The molecule has 1 unspecified atom stereocenters. The average molecular weight is 425 g/mol. The summed E-state index contributed by atoms with van der Waals surface area (Å²) in [7, 11) is 1.64. The molecule has 3 rings (SSSR count). The van der Waals surface area contributed by atoms with Crippen LogP contribution in [0.5, 0.6) is 5.75 Å². The molecule has 1 heterocycles. The van der Waals surface area contributed by atoms with E-state index in [-0.39, 0.29) is 17.7 Å². The molecule has 158 valence electrons. The Kier molecular flexibility index (Phi) is 7.15. The first-order chi connectivity index (χ1) is 14.4. The fraction of sp³-hybridized carbons (Fsp3) is 0.348. The molecule has 1 N–H and O–H groups in total. The van der Waals surface area contributed by atoms with Crippen LogP contribution in [0.2, 0.25) is 0 Å². The molecule has 0 aliphatic rings. The molecule has 7 heteroatoms. The molecule has 0 radical (unpaired) electrons. The van der Waals surface area contributed by atoms with Crippen molar-refractivity contribution >= 4 is 17.7 Å². The molecule has 0 spiro atoms. The molecule has 1 aromatic heterocycles. The van der Waals surface area contributed by atoms with Gasteiger partial charge in [0.2, 0.25) is 5.91 Å². The number of carbonyl (C=O) groups excluding carboxylic acids is 1. The van der Waals surface area contributed by atoms with E-state index in [4.69, 9.17) is 4.74 Å². The average Bonchev–Trinajstić information content (AvgIpc) is 3.16. The second-order valence-corrected chi connectivity index (χ2v) is 8.54. The number of hydrogen-bond acceptors (Lipinski definition) is 5. The number of ether oxygens (including phenoxy) is 1. The summed E-state index contributed by atoms with van der Waals surface area (Å²) in [6.07, 6.45) is 0. The van der Waals surface area contributed by atoms with Gasteiger partial charge in [0.15, 0.2) is 11.0 Å². The van der Waals surface area contributed by atoms with E-state index in [1.54, 1.807) is 7.11 Å². The van der Waals surface area contributed by atoms with E-state index in [0.29, 0.717) is 11.1 Å². The first-order valence-corrected chi connectivity index (χ1v) is 11.0. The second kappa shape index (κ2) is 9.80. The lowest BCUT2D eigenvalue weighted by Gasteiger charge is -2.17. The number of amides is 1. The number of carbonyl (C=O) groups is 1. The number of rotatable bonds is 8. The molecule has 2 aromatic carbocycles. The lowest BCUT2D eigenvalue weighted by Crippen LogP contribution is -2.37. The number of nitrogens with one attached hydrogen (secondary N) is 1. The van der Waals surface area contributed by atoms with Crippen LogP contribution in [-0.2, 0) is 4.79 Å². The van der Waals surface area contributed by atoms with Crippen LogP contribution in [0, 0.1) is 12.8 Å². The van der Waals surface area contributed by atoms with Crippen molar-refractivity contribution in [1.82, 2.24) is 20.1 Å². The quantitative estimate of drug-likeness (QED) is 0.539. The lowest BCUT2D eigenvalue weighted by molar-refractivity contribution is -0.119. The van der Waals surface area contributed by atoms with Gasteiger partial charge in [0.05, 0.1) is 12.9 Å². The molecule has 3 aromatic rings. The Labute approximate surface area is 182 Å². The summed E-state index contributed by atoms with van der Waals surface area (Å²) in [6.45, 7) is 8.25. The first kappa shape index (κ1) is 21.9. The molecule has 0 aliphatic heterocycles. The van der Waals surface area contributed by atoms with E-state index in [0.717, 1.165) is 28.4 Å². The molecule has 1 atom stereocenters. The standard InChI is InChI=1S/C23H28N4O2S/c1-15(2)17(4)24-21(28)14-30-23-26-25-22(18-8-6-7-16(3)13-18)27(23)19-9-11-20(29-5)12-10-19/h6-13,15,17H,14H2,1-5H3,(H,24,28). The normalized spacial score (nSPS) is 12.1. The maximum atomic E-state index is 12.4. The number of benzene rings is 2. The Morgan fingerprint density at radius 3 is 2.50 bits per heavy atom. The topological polar surface area (TPSA) is 69.0 Å². The van der Waals surface area contributed by atoms with Crippen molar-refractivity contribution in [3.63, 3.8) is 0 Å². The summed E-state index contributed by atoms with van der Waals surface area (Å²) >= 11 is 1.38. The molecular weight excluding hydrogens is 396 g/mol. The molecule has 1 amide bonds. The van der Waals surface area contributed by atoms with Crippen molar-refractivity contribution in [2.24, 2.45) is 5.92 Å². The fourth-order valence-electron chi connectivity index (χ4n) is 2.89. The number of nitrogens with zero attached hydrogens (tertiary/aromatic N) is 3. The molecule has 0 aliphatic carbocycles. The van der Waals surface area contributed by atoms with Gasteiger partial charge in [-0.25, -0.2) is 0 Å². The predicted molar refractivity (Wildman–Crippen MR) is 121 cm³/mol. The molecule has 6 nitrogen and oxygen atoms in total. The summed E-state index contributed by atoms with van der Waals surface area (Å²) in [5, 5.41) is 12.5. The van der Waals surface area contributed by atoms with Crippen LogP contribution >= 0.6 is 11.8 Å². The minimum atomic E-state index is -0.0115. The number of aromatic nitrogens is 3.